The summed E-state index contributed by atoms with van der Waals surface area (Å²) in [6.45, 7) is 2.13. The van der Waals surface area contributed by atoms with Crippen molar-refractivity contribution in [3.8, 4) is 11.3 Å². The molecule has 2 aromatic rings. The lowest BCUT2D eigenvalue weighted by Gasteiger charge is -2.25. The molecule has 0 aliphatic carbocycles. The summed E-state index contributed by atoms with van der Waals surface area (Å²) >= 11 is 0. The second kappa shape index (κ2) is 4.30. The lowest BCUT2D eigenvalue weighted by Crippen LogP contribution is -2.43. The Bertz CT molecular complexity index is 517. The third-order valence-corrected chi connectivity index (χ3v) is 3.11. The van der Waals surface area contributed by atoms with Gasteiger partial charge in [0.2, 0.25) is 0 Å². The molecule has 0 radical (unpaired) electrons. The highest BCUT2D eigenvalue weighted by Gasteiger charge is 2.18. The molecule has 0 saturated carbocycles. The van der Waals surface area contributed by atoms with Crippen LogP contribution in [0, 0.1) is 11.7 Å². The summed E-state index contributed by atoms with van der Waals surface area (Å²) in [6.07, 6.45) is 2.73. The molecule has 1 aromatic heterocycles. The van der Waals surface area contributed by atoms with Crippen molar-refractivity contribution in [3.63, 3.8) is 0 Å². The zero-order chi connectivity index (χ0) is 11.7. The maximum atomic E-state index is 13.1. The smallest absolute Gasteiger partial charge is 0.123 e. The van der Waals surface area contributed by atoms with Crippen LogP contribution < -0.4 is 5.32 Å². The number of nitrogens with one attached hydrogen (secondary N) is 2. The topological polar surface area (TPSA) is 40.7 Å². The lowest BCUT2D eigenvalue weighted by atomic mass is 9.99. The van der Waals surface area contributed by atoms with Gasteiger partial charge in [0.25, 0.3) is 0 Å². The molecule has 0 bridgehead atoms. The Morgan fingerprint density at radius 3 is 2.94 bits per heavy atom. The van der Waals surface area contributed by atoms with E-state index in [2.05, 4.69) is 15.3 Å². The fourth-order valence-corrected chi connectivity index (χ4v) is 2.04. The number of imidazole rings is 1. The van der Waals surface area contributed by atoms with Crippen LogP contribution >= 0.6 is 0 Å². The summed E-state index contributed by atoms with van der Waals surface area (Å²) in [5.74, 6) is 1.44. The standard InChI is InChI=1S/C13H14FN3/c14-11-3-1-2-10(5-11)12-8-16-13(17-12)4-9-6-15-7-9/h1-3,5,8-9,15H,4,6-7H2,(H,16,17). The third-order valence-electron chi connectivity index (χ3n) is 3.11. The maximum Gasteiger partial charge on any atom is 0.123 e. The molecule has 0 unspecified atom stereocenters. The first kappa shape index (κ1) is 10.5. The molecule has 3 rings (SSSR count). The highest BCUT2D eigenvalue weighted by molar-refractivity contribution is 5.58. The second-order valence-electron chi connectivity index (χ2n) is 4.48. The maximum absolute atomic E-state index is 13.1. The van der Waals surface area contributed by atoms with E-state index in [9.17, 15) is 4.39 Å². The zero-order valence-corrected chi connectivity index (χ0v) is 9.41. The third kappa shape index (κ3) is 2.22. The van der Waals surface area contributed by atoms with Gasteiger partial charge in [-0.3, -0.25) is 0 Å². The van der Waals surface area contributed by atoms with Crippen LogP contribution in [-0.4, -0.2) is 23.1 Å². The molecule has 4 heteroatoms. The minimum Gasteiger partial charge on any atom is -0.342 e. The number of aromatic amines is 1. The van der Waals surface area contributed by atoms with Gasteiger partial charge in [0.1, 0.15) is 11.6 Å². The average molecular weight is 231 g/mol. The van der Waals surface area contributed by atoms with Gasteiger partial charge in [0.15, 0.2) is 0 Å². The van der Waals surface area contributed by atoms with Crippen LogP contribution in [0.5, 0.6) is 0 Å². The van der Waals surface area contributed by atoms with Crippen molar-refractivity contribution in [2.24, 2.45) is 5.92 Å². The first-order valence-corrected chi connectivity index (χ1v) is 5.82. The number of hydrogen-bond acceptors (Lipinski definition) is 2. The number of nitrogens with zero attached hydrogens (tertiary/aromatic N) is 1. The van der Waals surface area contributed by atoms with E-state index in [1.807, 2.05) is 6.07 Å². The average Bonchev–Trinajstić information content (AvgIpc) is 2.72. The Hall–Kier alpha value is -1.68. The van der Waals surface area contributed by atoms with E-state index in [-0.39, 0.29) is 5.82 Å². The number of rotatable bonds is 3. The van der Waals surface area contributed by atoms with Crippen LogP contribution in [0.25, 0.3) is 11.3 Å². The molecule has 1 fully saturated rings. The van der Waals surface area contributed by atoms with E-state index in [4.69, 9.17) is 0 Å². The van der Waals surface area contributed by atoms with Crippen LogP contribution in [-0.2, 0) is 6.42 Å². The number of hydrogen-bond donors (Lipinski definition) is 2. The number of aromatic nitrogens is 2. The molecule has 0 spiro atoms. The van der Waals surface area contributed by atoms with E-state index in [0.29, 0.717) is 5.92 Å². The molecule has 1 aliphatic heterocycles. The zero-order valence-electron chi connectivity index (χ0n) is 9.41. The summed E-state index contributed by atoms with van der Waals surface area (Å²) in [6, 6.07) is 6.55. The van der Waals surface area contributed by atoms with Crippen molar-refractivity contribution in [2.45, 2.75) is 6.42 Å². The largest absolute Gasteiger partial charge is 0.342 e. The second-order valence-corrected chi connectivity index (χ2v) is 4.48. The molecule has 0 atom stereocenters. The number of H-pyrrole nitrogens is 1. The SMILES string of the molecule is Fc1cccc(-c2cnc(CC3CNC3)[nH]2)c1. The Morgan fingerprint density at radius 2 is 2.24 bits per heavy atom. The van der Waals surface area contributed by atoms with E-state index < -0.39 is 0 Å². The Balaban J connectivity index is 1.79. The van der Waals surface area contributed by atoms with Crippen molar-refractivity contribution in [1.82, 2.24) is 15.3 Å². The molecule has 2 heterocycles. The van der Waals surface area contributed by atoms with E-state index in [1.165, 1.54) is 12.1 Å². The van der Waals surface area contributed by atoms with Crippen molar-refractivity contribution in [3.05, 3.63) is 42.1 Å². The first-order chi connectivity index (χ1) is 8.31. The van der Waals surface area contributed by atoms with Gasteiger partial charge >= 0.3 is 0 Å². The van der Waals surface area contributed by atoms with E-state index in [0.717, 1.165) is 36.6 Å². The molecule has 1 aromatic carbocycles. The predicted octanol–water partition coefficient (Wildman–Crippen LogP) is 1.98. The van der Waals surface area contributed by atoms with Crippen molar-refractivity contribution < 1.29 is 4.39 Å². The van der Waals surface area contributed by atoms with Crippen LogP contribution in [0.2, 0.25) is 0 Å². The number of halogens is 1. The van der Waals surface area contributed by atoms with Crippen molar-refractivity contribution in [2.75, 3.05) is 13.1 Å². The van der Waals surface area contributed by atoms with Crippen LogP contribution in [0.4, 0.5) is 4.39 Å². The fourth-order valence-electron chi connectivity index (χ4n) is 2.04. The summed E-state index contributed by atoms with van der Waals surface area (Å²) in [4.78, 5) is 7.59. The minimum absolute atomic E-state index is 0.221. The van der Waals surface area contributed by atoms with E-state index in [1.54, 1.807) is 12.3 Å². The molecule has 0 amide bonds. The summed E-state index contributed by atoms with van der Waals surface area (Å²) in [5, 5.41) is 3.24. The molecular formula is C13H14FN3. The minimum atomic E-state index is -0.221. The molecule has 1 aliphatic rings. The highest BCUT2D eigenvalue weighted by atomic mass is 19.1. The molecule has 3 nitrogen and oxygen atoms in total. The van der Waals surface area contributed by atoms with E-state index >= 15 is 0 Å². The molecule has 17 heavy (non-hydrogen) atoms. The van der Waals surface area contributed by atoms with Gasteiger partial charge in [0.05, 0.1) is 11.9 Å². The predicted molar refractivity (Wildman–Crippen MR) is 64.0 cm³/mol. The van der Waals surface area contributed by atoms with Crippen LogP contribution in [0.1, 0.15) is 5.82 Å². The summed E-state index contributed by atoms with van der Waals surface area (Å²) < 4.78 is 13.1. The van der Waals surface area contributed by atoms with Crippen molar-refractivity contribution >= 4 is 0 Å². The Labute approximate surface area is 99.1 Å². The monoisotopic (exact) mass is 231 g/mol. The Morgan fingerprint density at radius 1 is 1.35 bits per heavy atom. The molecule has 1 saturated heterocycles. The van der Waals surface area contributed by atoms with Gasteiger partial charge in [0, 0.05) is 12.0 Å². The van der Waals surface area contributed by atoms with Gasteiger partial charge in [-0.1, -0.05) is 12.1 Å². The van der Waals surface area contributed by atoms with Gasteiger partial charge in [-0.15, -0.1) is 0 Å². The van der Waals surface area contributed by atoms with Crippen molar-refractivity contribution in [1.29, 1.82) is 0 Å². The fraction of sp³-hybridized carbons (Fsp3) is 0.308. The first-order valence-electron chi connectivity index (χ1n) is 5.82. The van der Waals surface area contributed by atoms with Crippen LogP contribution in [0.3, 0.4) is 0 Å². The summed E-state index contributed by atoms with van der Waals surface area (Å²) in [5.41, 5.74) is 1.72. The van der Waals surface area contributed by atoms with Gasteiger partial charge in [-0.05, 0) is 31.1 Å². The normalized spacial score (nSPS) is 15.8. The van der Waals surface area contributed by atoms with Gasteiger partial charge < -0.3 is 10.3 Å². The number of benzene rings is 1. The molecule has 88 valence electrons. The summed E-state index contributed by atoms with van der Waals surface area (Å²) in [7, 11) is 0. The quantitative estimate of drug-likeness (QED) is 0.848. The van der Waals surface area contributed by atoms with Crippen LogP contribution in [0.15, 0.2) is 30.5 Å². The Kier molecular flexibility index (Phi) is 2.65. The van der Waals surface area contributed by atoms with Gasteiger partial charge in [-0.2, -0.15) is 0 Å². The van der Waals surface area contributed by atoms with Gasteiger partial charge in [-0.25, -0.2) is 9.37 Å². The highest BCUT2D eigenvalue weighted by Crippen LogP contribution is 2.19. The molecular weight excluding hydrogens is 217 g/mol. The molecule has 2 N–H and O–H groups in total. The lowest BCUT2D eigenvalue weighted by molar-refractivity contribution is 0.342.